The highest BCUT2D eigenvalue weighted by Crippen LogP contribution is 2.28. The molecule has 0 aliphatic carbocycles. The average molecular weight is 545 g/mol. The molecule has 3 aromatic rings. The molecule has 0 heterocycles. The van der Waals surface area contributed by atoms with Crippen LogP contribution in [-0.4, -0.2) is 46.1 Å². The maximum atomic E-state index is 14.4. The standard InChI is InChI=1S/C27H27F3N4O5/c28-17-7-3-1-5-14(17)9-20(31)26(38)34-22(10-15-6-2-4-8-18(15)29)27(39)33-21(25(32)37)11-16-12-23(35)24(36)13-19(16)30/h1-8,12-13,20-22,35-36H,9-11,31H2,(H2,32,37)(H,33,39)(H,34,38). The predicted molar refractivity (Wildman–Crippen MR) is 135 cm³/mol. The number of phenolic OH excluding ortho intramolecular Hbond substituents is 2. The van der Waals surface area contributed by atoms with Crippen LogP contribution in [0, 0.1) is 17.5 Å². The van der Waals surface area contributed by atoms with Crippen molar-refractivity contribution in [2.45, 2.75) is 37.4 Å². The van der Waals surface area contributed by atoms with Crippen LogP contribution in [0.3, 0.4) is 0 Å². The number of carbonyl (C=O) groups excluding carboxylic acids is 3. The fourth-order valence-electron chi connectivity index (χ4n) is 3.83. The van der Waals surface area contributed by atoms with E-state index in [2.05, 4.69) is 10.6 Å². The van der Waals surface area contributed by atoms with Gasteiger partial charge in [0.1, 0.15) is 29.5 Å². The summed E-state index contributed by atoms with van der Waals surface area (Å²) < 4.78 is 42.7. The summed E-state index contributed by atoms with van der Waals surface area (Å²) in [5, 5.41) is 23.8. The summed E-state index contributed by atoms with van der Waals surface area (Å²) in [7, 11) is 0. The van der Waals surface area contributed by atoms with E-state index in [1.54, 1.807) is 6.07 Å². The first kappa shape index (κ1) is 29.0. The Labute approximate surface area is 221 Å². The van der Waals surface area contributed by atoms with Crippen molar-refractivity contribution in [2.24, 2.45) is 11.5 Å². The SMILES string of the molecule is NC(=O)C(Cc1cc(O)c(O)cc1F)NC(=O)C(Cc1ccccc1F)NC(=O)C(N)Cc1ccccc1F. The molecule has 0 saturated carbocycles. The van der Waals surface area contributed by atoms with E-state index < -0.39 is 71.2 Å². The zero-order valence-electron chi connectivity index (χ0n) is 20.5. The van der Waals surface area contributed by atoms with Crippen LogP contribution < -0.4 is 22.1 Å². The Hall–Kier alpha value is -4.58. The molecule has 206 valence electrons. The summed E-state index contributed by atoms with van der Waals surface area (Å²) in [4.78, 5) is 38.1. The van der Waals surface area contributed by atoms with Crippen LogP contribution in [0.15, 0.2) is 60.7 Å². The molecule has 0 radical (unpaired) electrons. The Balaban J connectivity index is 1.81. The van der Waals surface area contributed by atoms with E-state index in [0.717, 1.165) is 12.1 Å². The molecule has 0 fully saturated rings. The van der Waals surface area contributed by atoms with Crippen molar-refractivity contribution < 1.29 is 37.8 Å². The number of nitrogens with one attached hydrogen (secondary N) is 2. The largest absolute Gasteiger partial charge is 0.504 e. The molecule has 0 aliphatic rings. The van der Waals surface area contributed by atoms with Gasteiger partial charge in [-0.1, -0.05) is 36.4 Å². The maximum Gasteiger partial charge on any atom is 0.243 e. The van der Waals surface area contributed by atoms with E-state index in [4.69, 9.17) is 11.5 Å². The molecule has 39 heavy (non-hydrogen) atoms. The van der Waals surface area contributed by atoms with Crippen LogP contribution in [0.2, 0.25) is 0 Å². The second kappa shape index (κ2) is 12.8. The molecule has 0 aromatic heterocycles. The lowest BCUT2D eigenvalue weighted by molar-refractivity contribution is -0.131. The fourth-order valence-corrected chi connectivity index (χ4v) is 3.83. The average Bonchev–Trinajstić information content (AvgIpc) is 2.88. The molecule has 0 spiro atoms. The third-order valence-corrected chi connectivity index (χ3v) is 5.98. The van der Waals surface area contributed by atoms with Gasteiger partial charge in [-0.15, -0.1) is 0 Å². The number of hydrogen-bond donors (Lipinski definition) is 6. The van der Waals surface area contributed by atoms with Gasteiger partial charge in [0.05, 0.1) is 6.04 Å². The lowest BCUT2D eigenvalue weighted by atomic mass is 10.0. The molecule has 3 rings (SSSR count). The topological polar surface area (TPSA) is 168 Å². The molecule has 3 unspecified atom stereocenters. The first-order valence-corrected chi connectivity index (χ1v) is 11.8. The second-order valence-electron chi connectivity index (χ2n) is 8.86. The van der Waals surface area contributed by atoms with Crippen molar-refractivity contribution >= 4 is 17.7 Å². The Morgan fingerprint density at radius 3 is 1.74 bits per heavy atom. The molecular formula is C27H27F3N4O5. The highest BCUT2D eigenvalue weighted by molar-refractivity contribution is 5.93. The molecule has 3 aromatic carbocycles. The van der Waals surface area contributed by atoms with Crippen molar-refractivity contribution in [2.75, 3.05) is 0 Å². The Morgan fingerprint density at radius 1 is 0.692 bits per heavy atom. The molecule has 0 bridgehead atoms. The quantitative estimate of drug-likeness (QED) is 0.199. The van der Waals surface area contributed by atoms with Gasteiger partial charge in [-0.25, -0.2) is 13.2 Å². The summed E-state index contributed by atoms with van der Waals surface area (Å²) in [5.74, 6) is -6.46. The molecule has 0 saturated heterocycles. The first-order valence-electron chi connectivity index (χ1n) is 11.8. The Bertz CT molecular complexity index is 1370. The van der Waals surface area contributed by atoms with Crippen molar-refractivity contribution in [3.05, 3.63) is 94.8 Å². The van der Waals surface area contributed by atoms with E-state index in [-0.39, 0.29) is 29.5 Å². The number of hydrogen-bond acceptors (Lipinski definition) is 6. The van der Waals surface area contributed by atoms with Crippen LogP contribution >= 0.6 is 0 Å². The summed E-state index contributed by atoms with van der Waals surface area (Å²) in [6.45, 7) is 0. The number of phenols is 2. The van der Waals surface area contributed by atoms with Gasteiger partial charge in [0.25, 0.3) is 0 Å². The van der Waals surface area contributed by atoms with Gasteiger partial charge in [0.15, 0.2) is 11.5 Å². The van der Waals surface area contributed by atoms with Crippen LogP contribution in [0.1, 0.15) is 16.7 Å². The normalized spacial score (nSPS) is 13.2. The summed E-state index contributed by atoms with van der Waals surface area (Å²) in [5.41, 5.74) is 11.3. The number of primary amides is 1. The van der Waals surface area contributed by atoms with Gasteiger partial charge >= 0.3 is 0 Å². The number of benzene rings is 3. The maximum absolute atomic E-state index is 14.4. The van der Waals surface area contributed by atoms with E-state index in [1.165, 1.54) is 36.4 Å². The van der Waals surface area contributed by atoms with Crippen LogP contribution in [0.5, 0.6) is 11.5 Å². The number of nitrogens with two attached hydrogens (primary N) is 2. The molecule has 3 amide bonds. The molecule has 0 aliphatic heterocycles. The molecular weight excluding hydrogens is 517 g/mol. The van der Waals surface area contributed by atoms with Crippen LogP contribution in [-0.2, 0) is 33.6 Å². The van der Waals surface area contributed by atoms with Gasteiger partial charge < -0.3 is 32.3 Å². The number of halogens is 3. The fraction of sp³-hybridized carbons (Fsp3) is 0.222. The van der Waals surface area contributed by atoms with Gasteiger partial charge in [0.2, 0.25) is 17.7 Å². The third kappa shape index (κ3) is 7.71. The highest BCUT2D eigenvalue weighted by atomic mass is 19.1. The lowest BCUT2D eigenvalue weighted by Gasteiger charge is -2.24. The number of amides is 3. The number of aromatic hydroxyl groups is 2. The van der Waals surface area contributed by atoms with Gasteiger partial charge in [-0.3, -0.25) is 14.4 Å². The summed E-state index contributed by atoms with van der Waals surface area (Å²) in [6, 6.07) is 8.44. The minimum Gasteiger partial charge on any atom is -0.504 e. The minimum atomic E-state index is -1.51. The Morgan fingerprint density at radius 2 is 1.18 bits per heavy atom. The lowest BCUT2D eigenvalue weighted by Crippen LogP contribution is -2.56. The van der Waals surface area contributed by atoms with Crippen LogP contribution in [0.25, 0.3) is 0 Å². The molecule has 9 nitrogen and oxygen atoms in total. The smallest absolute Gasteiger partial charge is 0.243 e. The minimum absolute atomic E-state index is 0.0609. The summed E-state index contributed by atoms with van der Waals surface area (Å²) >= 11 is 0. The molecule has 8 N–H and O–H groups in total. The number of rotatable bonds is 11. The zero-order valence-corrected chi connectivity index (χ0v) is 20.5. The predicted octanol–water partition coefficient (Wildman–Crippen LogP) is 1.33. The molecule has 12 heteroatoms. The van der Waals surface area contributed by atoms with Gasteiger partial charge in [-0.2, -0.15) is 0 Å². The zero-order chi connectivity index (χ0) is 28.7. The van der Waals surface area contributed by atoms with Crippen molar-refractivity contribution in [3.8, 4) is 11.5 Å². The monoisotopic (exact) mass is 544 g/mol. The van der Waals surface area contributed by atoms with Crippen molar-refractivity contribution in [3.63, 3.8) is 0 Å². The Kier molecular flexibility index (Phi) is 9.50. The van der Waals surface area contributed by atoms with Crippen molar-refractivity contribution in [1.82, 2.24) is 10.6 Å². The van der Waals surface area contributed by atoms with Gasteiger partial charge in [-0.05, 0) is 41.3 Å². The van der Waals surface area contributed by atoms with E-state index in [9.17, 15) is 37.8 Å². The van der Waals surface area contributed by atoms with E-state index in [0.29, 0.717) is 6.07 Å². The van der Waals surface area contributed by atoms with Gasteiger partial charge in [0, 0.05) is 18.9 Å². The first-order chi connectivity index (χ1) is 18.5. The van der Waals surface area contributed by atoms with E-state index in [1.807, 2.05) is 0 Å². The van der Waals surface area contributed by atoms with E-state index >= 15 is 0 Å². The van der Waals surface area contributed by atoms with Crippen LogP contribution in [0.4, 0.5) is 13.2 Å². The second-order valence-corrected chi connectivity index (χ2v) is 8.86. The third-order valence-electron chi connectivity index (χ3n) is 5.98. The van der Waals surface area contributed by atoms with Crippen molar-refractivity contribution in [1.29, 1.82) is 0 Å². The highest BCUT2D eigenvalue weighted by Gasteiger charge is 2.29. The summed E-state index contributed by atoms with van der Waals surface area (Å²) in [6.07, 6.45) is -1.05. The number of carbonyl (C=O) groups is 3. The molecule has 3 atom stereocenters.